The molecule has 0 spiro atoms. The van der Waals surface area contributed by atoms with Gasteiger partial charge in [0.05, 0.1) is 6.54 Å². The first-order valence-electron chi connectivity index (χ1n) is 7.66. The Kier molecular flexibility index (Phi) is 5.39. The highest BCUT2D eigenvalue weighted by Crippen LogP contribution is 2.22. The topological polar surface area (TPSA) is 82.8 Å². The second-order valence-electron chi connectivity index (χ2n) is 5.80. The van der Waals surface area contributed by atoms with Gasteiger partial charge in [-0.1, -0.05) is 6.92 Å². The molecule has 1 heterocycles. The van der Waals surface area contributed by atoms with Gasteiger partial charge in [-0.2, -0.15) is 0 Å². The molecular formula is C17H22N2O4. The minimum absolute atomic E-state index is 0.0430. The molecule has 0 aliphatic rings. The van der Waals surface area contributed by atoms with Crippen LogP contribution in [0.15, 0.2) is 33.5 Å². The third kappa shape index (κ3) is 4.56. The molecule has 2 rings (SSSR count). The second kappa shape index (κ2) is 7.28. The molecule has 0 saturated carbocycles. The summed E-state index contributed by atoms with van der Waals surface area (Å²) in [5.74, 6) is -0.00627. The summed E-state index contributed by atoms with van der Waals surface area (Å²) >= 11 is 0. The summed E-state index contributed by atoms with van der Waals surface area (Å²) in [6, 6.07) is 6.21. The van der Waals surface area contributed by atoms with Gasteiger partial charge in [-0.3, -0.25) is 9.69 Å². The molecule has 2 aromatic rings. The predicted octanol–water partition coefficient (Wildman–Crippen LogP) is 1.85. The van der Waals surface area contributed by atoms with Gasteiger partial charge in [0, 0.05) is 30.1 Å². The predicted molar refractivity (Wildman–Crippen MR) is 88.4 cm³/mol. The van der Waals surface area contributed by atoms with Crippen molar-refractivity contribution in [1.29, 1.82) is 0 Å². The fraction of sp³-hybridized carbons (Fsp3) is 0.412. The number of nitrogens with one attached hydrogen (secondary N) is 1. The number of likely N-dealkylation sites (N-methyl/N-ethyl adjacent to an activating group) is 1. The van der Waals surface area contributed by atoms with Crippen molar-refractivity contribution in [2.75, 3.05) is 13.1 Å². The molecule has 0 saturated heterocycles. The van der Waals surface area contributed by atoms with E-state index in [2.05, 4.69) is 5.32 Å². The molecule has 6 heteroatoms. The number of fused-ring (bicyclic) bond motifs is 1. The standard InChI is InChI=1S/C17H22N2O4/c1-4-19(10-16(21)18-11(2)3)9-12-7-17(22)23-15-8-13(20)5-6-14(12)15/h5-8,11,20H,4,9-10H2,1-3H3,(H,18,21). The van der Waals surface area contributed by atoms with Crippen LogP contribution in [0.25, 0.3) is 11.0 Å². The summed E-state index contributed by atoms with van der Waals surface area (Å²) in [6.45, 7) is 7.17. The molecule has 0 atom stereocenters. The first-order valence-corrected chi connectivity index (χ1v) is 7.66. The van der Waals surface area contributed by atoms with Crippen LogP contribution in [-0.4, -0.2) is 35.0 Å². The third-order valence-corrected chi connectivity index (χ3v) is 3.47. The number of carbonyl (C=O) groups excluding carboxylic acids is 1. The molecule has 0 fully saturated rings. The Morgan fingerprint density at radius 1 is 1.35 bits per heavy atom. The number of benzene rings is 1. The smallest absolute Gasteiger partial charge is 0.336 e. The maximum atomic E-state index is 11.9. The highest BCUT2D eigenvalue weighted by atomic mass is 16.4. The van der Waals surface area contributed by atoms with Crippen molar-refractivity contribution in [3.8, 4) is 5.75 Å². The Balaban J connectivity index is 2.25. The zero-order valence-corrected chi connectivity index (χ0v) is 13.6. The van der Waals surface area contributed by atoms with E-state index in [1.807, 2.05) is 25.7 Å². The monoisotopic (exact) mass is 318 g/mol. The molecule has 0 radical (unpaired) electrons. The van der Waals surface area contributed by atoms with Gasteiger partial charge < -0.3 is 14.8 Å². The molecule has 0 aliphatic carbocycles. The summed E-state index contributed by atoms with van der Waals surface area (Å²) < 4.78 is 5.12. The van der Waals surface area contributed by atoms with Gasteiger partial charge in [0.2, 0.25) is 5.91 Å². The first kappa shape index (κ1) is 17.0. The fourth-order valence-electron chi connectivity index (χ4n) is 2.44. The number of aromatic hydroxyl groups is 1. The zero-order chi connectivity index (χ0) is 17.0. The van der Waals surface area contributed by atoms with Crippen LogP contribution in [0, 0.1) is 0 Å². The fourth-order valence-corrected chi connectivity index (χ4v) is 2.44. The maximum Gasteiger partial charge on any atom is 0.336 e. The van der Waals surface area contributed by atoms with Crippen molar-refractivity contribution < 1.29 is 14.3 Å². The van der Waals surface area contributed by atoms with E-state index >= 15 is 0 Å². The highest BCUT2D eigenvalue weighted by molar-refractivity contribution is 5.81. The average Bonchev–Trinajstić information content (AvgIpc) is 2.44. The SMILES string of the molecule is CCN(CC(=O)NC(C)C)Cc1cc(=O)oc2cc(O)ccc12. The molecule has 2 N–H and O–H groups in total. The number of hydrogen-bond donors (Lipinski definition) is 2. The van der Waals surface area contributed by atoms with E-state index in [0.29, 0.717) is 18.7 Å². The Morgan fingerprint density at radius 2 is 2.09 bits per heavy atom. The van der Waals surface area contributed by atoms with E-state index in [9.17, 15) is 14.7 Å². The minimum atomic E-state index is -0.471. The lowest BCUT2D eigenvalue weighted by Crippen LogP contribution is -2.39. The summed E-state index contributed by atoms with van der Waals surface area (Å²) in [4.78, 5) is 25.6. The van der Waals surface area contributed by atoms with Gasteiger partial charge >= 0.3 is 5.63 Å². The van der Waals surface area contributed by atoms with Crippen molar-refractivity contribution >= 4 is 16.9 Å². The molecule has 0 aliphatic heterocycles. The molecule has 1 amide bonds. The van der Waals surface area contributed by atoms with Crippen molar-refractivity contribution in [2.45, 2.75) is 33.4 Å². The average molecular weight is 318 g/mol. The Morgan fingerprint density at radius 3 is 2.74 bits per heavy atom. The Hall–Kier alpha value is -2.34. The molecule has 1 aromatic heterocycles. The minimum Gasteiger partial charge on any atom is -0.508 e. The largest absolute Gasteiger partial charge is 0.508 e. The van der Waals surface area contributed by atoms with Crippen molar-refractivity contribution in [2.24, 2.45) is 0 Å². The van der Waals surface area contributed by atoms with Gasteiger partial charge in [0.1, 0.15) is 11.3 Å². The van der Waals surface area contributed by atoms with E-state index in [1.54, 1.807) is 12.1 Å². The van der Waals surface area contributed by atoms with Crippen molar-refractivity contribution in [3.63, 3.8) is 0 Å². The van der Waals surface area contributed by atoms with Crippen molar-refractivity contribution in [3.05, 3.63) is 40.2 Å². The zero-order valence-electron chi connectivity index (χ0n) is 13.6. The van der Waals surface area contributed by atoms with Gasteiger partial charge in [0.15, 0.2) is 0 Å². The summed E-state index contributed by atoms with van der Waals surface area (Å²) in [5, 5.41) is 13.1. The van der Waals surface area contributed by atoms with E-state index in [0.717, 1.165) is 10.9 Å². The van der Waals surface area contributed by atoms with Crippen LogP contribution in [0.5, 0.6) is 5.75 Å². The Labute approximate surface area is 134 Å². The van der Waals surface area contributed by atoms with Crippen LogP contribution in [0.1, 0.15) is 26.3 Å². The maximum absolute atomic E-state index is 11.9. The highest BCUT2D eigenvalue weighted by Gasteiger charge is 2.13. The molecule has 1 aromatic carbocycles. The van der Waals surface area contributed by atoms with E-state index in [4.69, 9.17) is 4.42 Å². The second-order valence-corrected chi connectivity index (χ2v) is 5.80. The Bertz CT molecular complexity index is 752. The number of phenolic OH excluding ortho intramolecular Hbond substituents is 1. The number of rotatable bonds is 6. The van der Waals surface area contributed by atoms with Gasteiger partial charge in [-0.05, 0) is 38.1 Å². The van der Waals surface area contributed by atoms with Gasteiger partial charge in [-0.25, -0.2) is 4.79 Å². The lowest BCUT2D eigenvalue weighted by Gasteiger charge is -2.21. The van der Waals surface area contributed by atoms with Crippen molar-refractivity contribution in [1.82, 2.24) is 10.2 Å². The molecule has 124 valence electrons. The lowest BCUT2D eigenvalue weighted by molar-refractivity contribution is -0.122. The van der Waals surface area contributed by atoms with Crippen LogP contribution in [0.2, 0.25) is 0 Å². The molecule has 23 heavy (non-hydrogen) atoms. The van der Waals surface area contributed by atoms with Gasteiger partial charge in [-0.15, -0.1) is 0 Å². The van der Waals surface area contributed by atoms with Crippen LogP contribution in [-0.2, 0) is 11.3 Å². The summed E-state index contributed by atoms with van der Waals surface area (Å²) in [6.07, 6.45) is 0. The van der Waals surface area contributed by atoms with E-state index < -0.39 is 5.63 Å². The van der Waals surface area contributed by atoms with E-state index in [1.165, 1.54) is 12.1 Å². The number of carbonyl (C=O) groups is 1. The molecular weight excluding hydrogens is 296 g/mol. The molecule has 0 unspecified atom stereocenters. The van der Waals surface area contributed by atoms with Gasteiger partial charge in [0.25, 0.3) is 0 Å². The normalized spacial score (nSPS) is 11.3. The van der Waals surface area contributed by atoms with Crippen LogP contribution in [0.4, 0.5) is 0 Å². The number of hydrogen-bond acceptors (Lipinski definition) is 5. The van der Waals surface area contributed by atoms with E-state index in [-0.39, 0.29) is 24.2 Å². The summed E-state index contributed by atoms with van der Waals surface area (Å²) in [7, 11) is 0. The number of nitrogens with zero attached hydrogens (tertiary/aromatic N) is 1. The van der Waals surface area contributed by atoms with Crippen LogP contribution >= 0.6 is 0 Å². The summed E-state index contributed by atoms with van der Waals surface area (Å²) in [5.41, 5.74) is 0.645. The first-order chi connectivity index (χ1) is 10.9. The van der Waals surface area contributed by atoms with Crippen LogP contribution < -0.4 is 10.9 Å². The lowest BCUT2D eigenvalue weighted by atomic mass is 10.1. The van der Waals surface area contributed by atoms with Crippen LogP contribution in [0.3, 0.4) is 0 Å². The molecule has 0 bridgehead atoms. The molecule has 6 nitrogen and oxygen atoms in total. The quantitative estimate of drug-likeness (QED) is 0.794. The number of amides is 1. The number of phenols is 1. The third-order valence-electron chi connectivity index (χ3n) is 3.47.